The Labute approximate surface area is 138 Å². The van der Waals surface area contributed by atoms with Crippen LogP contribution in [0.1, 0.15) is 12.7 Å². The fourth-order valence-corrected chi connectivity index (χ4v) is 3.55. The first-order valence-electron chi connectivity index (χ1n) is 7.62. The van der Waals surface area contributed by atoms with Crippen molar-refractivity contribution in [3.63, 3.8) is 0 Å². The minimum Gasteiger partial charge on any atom is -0.395 e. The molecule has 0 fully saturated rings. The molecule has 0 bridgehead atoms. The predicted octanol–water partition coefficient (Wildman–Crippen LogP) is 2.47. The molecular weight excluding hydrogens is 310 g/mol. The zero-order valence-corrected chi connectivity index (χ0v) is 13.8. The summed E-state index contributed by atoms with van der Waals surface area (Å²) >= 11 is 1.53. The number of thiophene rings is 1. The van der Waals surface area contributed by atoms with Crippen LogP contribution in [0, 0.1) is 0 Å². The number of likely N-dealkylation sites (N-methyl/N-ethyl adjacent to an activating group) is 1. The molecule has 5 nitrogen and oxygen atoms in total. The third-order valence-corrected chi connectivity index (χ3v) is 4.82. The summed E-state index contributed by atoms with van der Waals surface area (Å²) in [5.74, 6) is 0.638. The van der Waals surface area contributed by atoms with Gasteiger partial charge in [-0.25, -0.2) is 4.98 Å². The van der Waals surface area contributed by atoms with Gasteiger partial charge in [-0.1, -0.05) is 37.3 Å². The first-order chi connectivity index (χ1) is 11.2. The highest BCUT2D eigenvalue weighted by Gasteiger charge is 2.12. The first-order valence-corrected chi connectivity index (χ1v) is 8.44. The van der Waals surface area contributed by atoms with E-state index in [1.54, 1.807) is 0 Å². The number of hydrogen-bond acceptors (Lipinski definition) is 5. The molecule has 0 aliphatic rings. The van der Waals surface area contributed by atoms with E-state index < -0.39 is 0 Å². The van der Waals surface area contributed by atoms with Crippen LogP contribution in [0.3, 0.4) is 0 Å². The maximum Gasteiger partial charge on any atom is 0.259 e. The quantitative estimate of drug-likeness (QED) is 0.729. The molecule has 3 aromatic rings. The average molecular weight is 329 g/mol. The lowest BCUT2D eigenvalue weighted by atomic mass is 10.2. The number of nitrogens with one attached hydrogen (secondary N) is 1. The minimum absolute atomic E-state index is 0.0947. The van der Waals surface area contributed by atoms with Crippen LogP contribution in [0.5, 0.6) is 0 Å². The molecule has 6 heteroatoms. The molecule has 2 N–H and O–H groups in total. The Kier molecular flexibility index (Phi) is 4.85. The molecule has 0 unspecified atom stereocenters. The normalized spacial score (nSPS) is 11.4. The zero-order chi connectivity index (χ0) is 16.2. The van der Waals surface area contributed by atoms with Gasteiger partial charge in [0.15, 0.2) is 0 Å². The van der Waals surface area contributed by atoms with Gasteiger partial charge >= 0.3 is 0 Å². The standard InChI is InChI=1S/C17H19N3O2S/c1-2-20(8-9-21)11-15-18-16(22)13-10-14(23-17(13)19-15)12-6-4-3-5-7-12/h3-7,10,21H,2,8-9,11H2,1H3,(H,18,19,22). The summed E-state index contributed by atoms with van der Waals surface area (Å²) in [7, 11) is 0. The second-order valence-electron chi connectivity index (χ2n) is 5.30. The van der Waals surface area contributed by atoms with Crippen molar-refractivity contribution in [1.82, 2.24) is 14.9 Å². The highest BCUT2D eigenvalue weighted by molar-refractivity contribution is 7.21. The summed E-state index contributed by atoms with van der Waals surface area (Å²) in [6.45, 7) is 4.00. The molecule has 0 spiro atoms. The van der Waals surface area contributed by atoms with E-state index in [0.717, 1.165) is 21.8 Å². The molecule has 23 heavy (non-hydrogen) atoms. The maximum absolute atomic E-state index is 12.3. The van der Waals surface area contributed by atoms with E-state index in [1.807, 2.05) is 48.2 Å². The van der Waals surface area contributed by atoms with Crippen molar-refractivity contribution in [2.45, 2.75) is 13.5 Å². The van der Waals surface area contributed by atoms with Crippen LogP contribution in [-0.2, 0) is 6.54 Å². The third kappa shape index (κ3) is 3.50. The largest absolute Gasteiger partial charge is 0.395 e. The Morgan fingerprint density at radius 1 is 1.30 bits per heavy atom. The van der Waals surface area contributed by atoms with Crippen molar-refractivity contribution in [3.05, 3.63) is 52.6 Å². The number of aliphatic hydroxyl groups is 1. The molecule has 0 saturated carbocycles. The zero-order valence-electron chi connectivity index (χ0n) is 13.0. The van der Waals surface area contributed by atoms with E-state index >= 15 is 0 Å². The molecule has 3 rings (SSSR count). The van der Waals surface area contributed by atoms with Crippen LogP contribution in [0.15, 0.2) is 41.2 Å². The van der Waals surface area contributed by atoms with E-state index in [4.69, 9.17) is 5.11 Å². The fraction of sp³-hybridized carbons (Fsp3) is 0.294. The molecule has 0 amide bonds. The number of aromatic amines is 1. The van der Waals surface area contributed by atoms with Gasteiger partial charge in [-0.3, -0.25) is 9.69 Å². The molecular formula is C17H19N3O2S. The van der Waals surface area contributed by atoms with Gasteiger partial charge in [-0.05, 0) is 18.2 Å². The molecule has 2 heterocycles. The van der Waals surface area contributed by atoms with Gasteiger partial charge in [0.2, 0.25) is 0 Å². The number of aliphatic hydroxyl groups excluding tert-OH is 1. The van der Waals surface area contributed by atoms with Crippen molar-refractivity contribution < 1.29 is 5.11 Å². The van der Waals surface area contributed by atoms with E-state index in [1.165, 1.54) is 11.3 Å². The van der Waals surface area contributed by atoms with Crippen LogP contribution in [0.4, 0.5) is 0 Å². The first kappa shape index (κ1) is 15.9. The monoisotopic (exact) mass is 329 g/mol. The van der Waals surface area contributed by atoms with E-state index in [9.17, 15) is 4.79 Å². The molecule has 0 atom stereocenters. The van der Waals surface area contributed by atoms with Crippen LogP contribution in [0.25, 0.3) is 20.7 Å². The number of aromatic nitrogens is 2. The number of rotatable bonds is 6. The van der Waals surface area contributed by atoms with Gasteiger partial charge in [0.25, 0.3) is 5.56 Å². The molecule has 120 valence electrons. The smallest absolute Gasteiger partial charge is 0.259 e. The van der Waals surface area contributed by atoms with Crippen LogP contribution in [0.2, 0.25) is 0 Å². The van der Waals surface area contributed by atoms with Gasteiger partial charge in [-0.2, -0.15) is 0 Å². The van der Waals surface area contributed by atoms with Crippen LogP contribution >= 0.6 is 11.3 Å². The van der Waals surface area contributed by atoms with E-state index in [-0.39, 0.29) is 12.2 Å². The second kappa shape index (κ2) is 7.04. The van der Waals surface area contributed by atoms with Crippen molar-refractivity contribution in [2.75, 3.05) is 19.7 Å². The highest BCUT2D eigenvalue weighted by Crippen LogP contribution is 2.30. The molecule has 0 saturated heterocycles. The van der Waals surface area contributed by atoms with Crippen molar-refractivity contribution >= 4 is 21.6 Å². The van der Waals surface area contributed by atoms with E-state index in [0.29, 0.717) is 24.3 Å². The van der Waals surface area contributed by atoms with Gasteiger partial charge in [0.1, 0.15) is 10.7 Å². The average Bonchev–Trinajstić information content (AvgIpc) is 3.00. The highest BCUT2D eigenvalue weighted by atomic mass is 32.1. The molecule has 0 radical (unpaired) electrons. The number of H-pyrrole nitrogens is 1. The second-order valence-corrected chi connectivity index (χ2v) is 6.33. The summed E-state index contributed by atoms with van der Waals surface area (Å²) in [6, 6.07) is 11.9. The summed E-state index contributed by atoms with van der Waals surface area (Å²) in [6.07, 6.45) is 0. The Balaban J connectivity index is 1.97. The summed E-state index contributed by atoms with van der Waals surface area (Å²) < 4.78 is 0. The summed E-state index contributed by atoms with van der Waals surface area (Å²) in [5, 5.41) is 9.70. The van der Waals surface area contributed by atoms with Crippen molar-refractivity contribution in [1.29, 1.82) is 0 Å². The lowest BCUT2D eigenvalue weighted by Gasteiger charge is -2.17. The Morgan fingerprint density at radius 2 is 2.09 bits per heavy atom. The number of fused-ring (bicyclic) bond motifs is 1. The lowest BCUT2D eigenvalue weighted by Crippen LogP contribution is -2.28. The van der Waals surface area contributed by atoms with Gasteiger partial charge in [-0.15, -0.1) is 11.3 Å². The number of benzene rings is 1. The predicted molar refractivity (Wildman–Crippen MR) is 93.7 cm³/mol. The Morgan fingerprint density at radius 3 is 2.78 bits per heavy atom. The third-order valence-electron chi connectivity index (χ3n) is 3.75. The summed E-state index contributed by atoms with van der Waals surface area (Å²) in [4.78, 5) is 23.6. The molecule has 0 aliphatic heterocycles. The minimum atomic E-state index is -0.108. The fourth-order valence-electron chi connectivity index (χ4n) is 2.50. The molecule has 0 aliphatic carbocycles. The van der Waals surface area contributed by atoms with Crippen molar-refractivity contribution in [3.8, 4) is 10.4 Å². The number of nitrogens with zero attached hydrogens (tertiary/aromatic N) is 2. The maximum atomic E-state index is 12.3. The lowest BCUT2D eigenvalue weighted by molar-refractivity contribution is 0.194. The van der Waals surface area contributed by atoms with Crippen LogP contribution < -0.4 is 5.56 Å². The van der Waals surface area contributed by atoms with Crippen LogP contribution in [-0.4, -0.2) is 39.7 Å². The van der Waals surface area contributed by atoms with Gasteiger partial charge in [0.05, 0.1) is 18.5 Å². The number of hydrogen-bond donors (Lipinski definition) is 2. The van der Waals surface area contributed by atoms with Gasteiger partial charge in [0, 0.05) is 11.4 Å². The topological polar surface area (TPSA) is 69.2 Å². The Bertz CT molecular complexity index is 842. The van der Waals surface area contributed by atoms with E-state index in [2.05, 4.69) is 9.97 Å². The Hall–Kier alpha value is -2.02. The SMILES string of the molecule is CCN(CCO)Cc1nc2sc(-c3ccccc3)cc2c(=O)[nH]1. The van der Waals surface area contributed by atoms with Gasteiger partial charge < -0.3 is 10.1 Å². The summed E-state index contributed by atoms with van der Waals surface area (Å²) in [5.41, 5.74) is 0.982. The van der Waals surface area contributed by atoms with Crippen molar-refractivity contribution in [2.24, 2.45) is 0 Å². The molecule has 1 aromatic carbocycles. The molecule has 2 aromatic heterocycles.